The van der Waals surface area contributed by atoms with Crippen molar-refractivity contribution in [2.45, 2.75) is 18.9 Å². The van der Waals surface area contributed by atoms with Crippen molar-refractivity contribution in [3.8, 4) is 5.75 Å². The highest BCUT2D eigenvalue weighted by molar-refractivity contribution is 5.89. The molecule has 2 aliphatic heterocycles. The van der Waals surface area contributed by atoms with Crippen LogP contribution in [0.15, 0.2) is 54.6 Å². The SMILES string of the molecule is Cl.O=C1OC(CCCN2CCN(c3ccccc3O)CC2)CN1c1ccccc1. The number of nitrogens with zero attached hydrogens (tertiary/aromatic N) is 3. The lowest BCUT2D eigenvalue weighted by atomic mass is 10.1. The predicted octanol–water partition coefficient (Wildman–Crippen LogP) is 3.74. The zero-order valence-electron chi connectivity index (χ0n) is 16.4. The average molecular weight is 418 g/mol. The molecule has 0 spiro atoms. The highest BCUT2D eigenvalue weighted by Crippen LogP contribution is 2.27. The Morgan fingerprint density at radius 1 is 0.966 bits per heavy atom. The molecule has 0 bridgehead atoms. The molecule has 1 atom stereocenters. The van der Waals surface area contributed by atoms with Crippen LogP contribution < -0.4 is 9.80 Å². The number of phenolic OH excluding ortho intramolecular Hbond substituents is 1. The Bertz CT molecular complexity index is 797. The molecular weight excluding hydrogens is 390 g/mol. The van der Waals surface area contributed by atoms with Crippen molar-refractivity contribution in [3.63, 3.8) is 0 Å². The molecule has 2 aromatic rings. The number of carbonyl (C=O) groups is 1. The molecule has 0 aromatic heterocycles. The number of hydrogen-bond donors (Lipinski definition) is 1. The molecule has 156 valence electrons. The summed E-state index contributed by atoms with van der Waals surface area (Å²) in [7, 11) is 0. The number of cyclic esters (lactones) is 1. The van der Waals surface area contributed by atoms with Gasteiger partial charge in [0.05, 0.1) is 12.2 Å². The number of para-hydroxylation sites is 3. The van der Waals surface area contributed by atoms with Crippen molar-refractivity contribution in [1.29, 1.82) is 0 Å². The number of amides is 1. The van der Waals surface area contributed by atoms with Crippen molar-refractivity contribution in [2.75, 3.05) is 49.1 Å². The van der Waals surface area contributed by atoms with Crippen LogP contribution in [0.1, 0.15) is 12.8 Å². The van der Waals surface area contributed by atoms with E-state index in [1.54, 1.807) is 11.0 Å². The zero-order valence-corrected chi connectivity index (χ0v) is 17.3. The minimum atomic E-state index is -0.243. The van der Waals surface area contributed by atoms with Gasteiger partial charge in [-0.25, -0.2) is 4.79 Å². The van der Waals surface area contributed by atoms with Gasteiger partial charge >= 0.3 is 6.09 Å². The lowest BCUT2D eigenvalue weighted by molar-refractivity contribution is 0.131. The predicted molar refractivity (Wildman–Crippen MR) is 117 cm³/mol. The van der Waals surface area contributed by atoms with Gasteiger partial charge in [-0.3, -0.25) is 9.80 Å². The summed E-state index contributed by atoms with van der Waals surface area (Å²) >= 11 is 0. The first kappa shape index (κ1) is 21.3. The van der Waals surface area contributed by atoms with Crippen LogP contribution in [0.5, 0.6) is 5.75 Å². The maximum atomic E-state index is 12.1. The summed E-state index contributed by atoms with van der Waals surface area (Å²) in [6.45, 7) is 5.43. The lowest BCUT2D eigenvalue weighted by Crippen LogP contribution is -2.46. The van der Waals surface area contributed by atoms with Crippen LogP contribution in [0.4, 0.5) is 16.2 Å². The van der Waals surface area contributed by atoms with Gasteiger partial charge in [0.15, 0.2) is 0 Å². The maximum absolute atomic E-state index is 12.1. The van der Waals surface area contributed by atoms with E-state index in [0.29, 0.717) is 12.3 Å². The largest absolute Gasteiger partial charge is 0.506 e. The molecule has 2 aromatic carbocycles. The van der Waals surface area contributed by atoms with Gasteiger partial charge in [-0.2, -0.15) is 0 Å². The van der Waals surface area contributed by atoms with E-state index in [4.69, 9.17) is 4.74 Å². The Hall–Kier alpha value is -2.44. The quantitative estimate of drug-likeness (QED) is 0.775. The maximum Gasteiger partial charge on any atom is 0.414 e. The monoisotopic (exact) mass is 417 g/mol. The van der Waals surface area contributed by atoms with Crippen molar-refractivity contribution in [2.24, 2.45) is 0 Å². The van der Waals surface area contributed by atoms with Gasteiger partial charge in [0.25, 0.3) is 0 Å². The Morgan fingerprint density at radius 3 is 2.38 bits per heavy atom. The number of phenols is 1. The van der Waals surface area contributed by atoms with Crippen LogP contribution in [-0.2, 0) is 4.74 Å². The summed E-state index contributed by atoms with van der Waals surface area (Å²) < 4.78 is 5.54. The molecule has 0 saturated carbocycles. The van der Waals surface area contributed by atoms with Crippen molar-refractivity contribution in [3.05, 3.63) is 54.6 Å². The van der Waals surface area contributed by atoms with Gasteiger partial charge in [0, 0.05) is 31.9 Å². The van der Waals surface area contributed by atoms with Gasteiger partial charge in [-0.1, -0.05) is 30.3 Å². The van der Waals surface area contributed by atoms with E-state index >= 15 is 0 Å². The number of hydrogen-bond acceptors (Lipinski definition) is 5. The number of anilines is 2. The Balaban J connectivity index is 0.00000240. The summed E-state index contributed by atoms with van der Waals surface area (Å²) in [5, 5.41) is 10.0. The number of halogens is 1. The molecule has 2 aliphatic rings. The van der Waals surface area contributed by atoms with Gasteiger partial charge in [0.1, 0.15) is 11.9 Å². The highest BCUT2D eigenvalue weighted by Gasteiger charge is 2.32. The van der Waals surface area contributed by atoms with Crippen molar-refractivity contribution in [1.82, 2.24) is 4.90 Å². The molecule has 4 rings (SSSR count). The molecular formula is C22H28ClN3O3. The Kier molecular flexibility index (Phi) is 7.23. The Labute approximate surface area is 178 Å². The number of rotatable bonds is 6. The third kappa shape index (κ3) is 5.14. The van der Waals surface area contributed by atoms with Gasteiger partial charge in [-0.15, -0.1) is 12.4 Å². The third-order valence-electron chi connectivity index (χ3n) is 5.54. The minimum absolute atomic E-state index is 0. The third-order valence-corrected chi connectivity index (χ3v) is 5.54. The number of ether oxygens (including phenoxy) is 1. The van der Waals surface area contributed by atoms with E-state index in [2.05, 4.69) is 9.80 Å². The molecule has 6 nitrogen and oxygen atoms in total. The highest BCUT2D eigenvalue weighted by atomic mass is 35.5. The molecule has 1 N–H and O–H groups in total. The molecule has 0 radical (unpaired) electrons. The smallest absolute Gasteiger partial charge is 0.414 e. The number of benzene rings is 2. The standard InChI is InChI=1S/C22H27N3O3.ClH/c26-21-11-5-4-10-20(21)24-15-13-23(14-16-24)12-6-9-19-17-25(22(27)28-19)18-7-2-1-3-8-18;/h1-5,7-8,10-11,19,26H,6,9,12-17H2;1H. The first-order valence-corrected chi connectivity index (χ1v) is 9.99. The molecule has 2 saturated heterocycles. The lowest BCUT2D eigenvalue weighted by Gasteiger charge is -2.36. The van der Waals surface area contributed by atoms with Crippen LogP contribution in [0.3, 0.4) is 0 Å². The fourth-order valence-corrected chi connectivity index (χ4v) is 3.98. The van der Waals surface area contributed by atoms with Crippen LogP contribution >= 0.6 is 12.4 Å². The molecule has 1 unspecified atom stereocenters. The summed E-state index contributed by atoms with van der Waals surface area (Å²) in [4.78, 5) is 18.5. The second-order valence-electron chi connectivity index (χ2n) is 7.41. The summed E-state index contributed by atoms with van der Waals surface area (Å²) in [5.41, 5.74) is 1.82. The summed E-state index contributed by atoms with van der Waals surface area (Å²) in [6.07, 6.45) is 1.62. The van der Waals surface area contributed by atoms with Crippen LogP contribution in [0.2, 0.25) is 0 Å². The summed E-state index contributed by atoms with van der Waals surface area (Å²) in [6, 6.07) is 17.2. The van der Waals surface area contributed by atoms with Gasteiger partial charge in [0.2, 0.25) is 0 Å². The number of piperazine rings is 1. The van der Waals surface area contributed by atoms with E-state index < -0.39 is 0 Å². The number of aromatic hydroxyl groups is 1. The van der Waals surface area contributed by atoms with Gasteiger partial charge < -0.3 is 14.7 Å². The fourth-order valence-electron chi connectivity index (χ4n) is 3.98. The molecule has 1 amide bonds. The topological polar surface area (TPSA) is 56.3 Å². The van der Waals surface area contributed by atoms with E-state index in [9.17, 15) is 9.90 Å². The van der Waals surface area contributed by atoms with Crippen LogP contribution in [0, 0.1) is 0 Å². The molecule has 0 aliphatic carbocycles. The summed E-state index contributed by atoms with van der Waals surface area (Å²) in [5.74, 6) is 0.349. The number of carbonyl (C=O) groups excluding carboxylic acids is 1. The average Bonchev–Trinajstić information content (AvgIpc) is 3.10. The van der Waals surface area contributed by atoms with E-state index in [1.165, 1.54) is 0 Å². The molecule has 2 heterocycles. The van der Waals surface area contributed by atoms with Crippen molar-refractivity contribution < 1.29 is 14.6 Å². The van der Waals surface area contributed by atoms with Crippen LogP contribution in [0.25, 0.3) is 0 Å². The molecule has 29 heavy (non-hydrogen) atoms. The normalized spacial score (nSPS) is 19.7. The Morgan fingerprint density at radius 2 is 1.66 bits per heavy atom. The first-order valence-electron chi connectivity index (χ1n) is 9.99. The van der Waals surface area contributed by atoms with E-state index in [-0.39, 0.29) is 24.6 Å². The second kappa shape index (κ2) is 9.85. The van der Waals surface area contributed by atoms with Gasteiger partial charge in [-0.05, 0) is 43.7 Å². The molecule has 2 fully saturated rings. The van der Waals surface area contributed by atoms with E-state index in [1.807, 2.05) is 48.5 Å². The zero-order chi connectivity index (χ0) is 19.3. The van der Waals surface area contributed by atoms with Crippen LogP contribution in [-0.4, -0.2) is 61.5 Å². The fraction of sp³-hybridized carbons (Fsp3) is 0.409. The van der Waals surface area contributed by atoms with E-state index in [0.717, 1.165) is 56.9 Å². The molecule has 7 heteroatoms. The first-order chi connectivity index (χ1) is 13.7. The van der Waals surface area contributed by atoms with Crippen molar-refractivity contribution >= 4 is 29.9 Å². The minimum Gasteiger partial charge on any atom is -0.506 e. The second-order valence-corrected chi connectivity index (χ2v) is 7.41.